The van der Waals surface area contributed by atoms with Gasteiger partial charge in [-0.05, 0) is 19.4 Å². The van der Waals surface area contributed by atoms with E-state index in [0.29, 0.717) is 10.6 Å². The van der Waals surface area contributed by atoms with Gasteiger partial charge in [-0.3, -0.25) is 9.59 Å². The number of carboxylic acid groups (broad SMARTS) is 2. The Morgan fingerprint density at radius 1 is 1.20 bits per heavy atom. The predicted octanol–water partition coefficient (Wildman–Crippen LogP) is 1.99. The molecule has 108 valence electrons. The molecule has 1 rings (SSSR count). The van der Waals surface area contributed by atoms with Gasteiger partial charge in [0.15, 0.2) is 0 Å². The lowest BCUT2D eigenvalue weighted by atomic mass is 10.1. The predicted molar refractivity (Wildman–Crippen MR) is 75.2 cm³/mol. The summed E-state index contributed by atoms with van der Waals surface area (Å²) in [6.45, 7) is 4.10. The van der Waals surface area contributed by atoms with Gasteiger partial charge in [0.2, 0.25) is 0 Å². The summed E-state index contributed by atoms with van der Waals surface area (Å²) in [5, 5.41) is 27.4. The lowest BCUT2D eigenvalue weighted by Crippen LogP contribution is -2.28. The van der Waals surface area contributed by atoms with E-state index in [0.717, 1.165) is 10.4 Å². The summed E-state index contributed by atoms with van der Waals surface area (Å²) >= 11 is 1.39. The van der Waals surface area contributed by atoms with Crippen molar-refractivity contribution >= 4 is 28.3 Å². The number of nitriles is 1. The number of nitrogens with zero attached hydrogens (tertiary/aromatic N) is 2. The Labute approximate surface area is 120 Å². The average molecular weight is 296 g/mol. The zero-order chi connectivity index (χ0) is 15.3. The van der Waals surface area contributed by atoms with Gasteiger partial charge in [-0.1, -0.05) is 0 Å². The first-order chi connectivity index (χ1) is 9.36. The maximum absolute atomic E-state index is 10.7. The van der Waals surface area contributed by atoms with Gasteiger partial charge in [0, 0.05) is 18.0 Å². The molecule has 0 aliphatic carbocycles. The van der Waals surface area contributed by atoms with Crippen LogP contribution in [0.3, 0.4) is 0 Å². The van der Waals surface area contributed by atoms with Crippen molar-refractivity contribution in [3.63, 3.8) is 0 Å². The van der Waals surface area contributed by atoms with E-state index >= 15 is 0 Å². The van der Waals surface area contributed by atoms with Gasteiger partial charge >= 0.3 is 11.9 Å². The second kappa shape index (κ2) is 6.91. The van der Waals surface area contributed by atoms with E-state index in [-0.39, 0.29) is 25.9 Å². The average Bonchev–Trinajstić information content (AvgIpc) is 2.64. The van der Waals surface area contributed by atoms with E-state index in [2.05, 4.69) is 6.07 Å². The Morgan fingerprint density at radius 2 is 1.70 bits per heavy atom. The number of aliphatic carboxylic acids is 2. The SMILES string of the molecule is Cc1sc(N(CCC(=O)O)CCC(=O)O)c(C#N)c1C. The van der Waals surface area contributed by atoms with Crippen LogP contribution in [-0.2, 0) is 9.59 Å². The van der Waals surface area contributed by atoms with E-state index in [1.807, 2.05) is 13.8 Å². The van der Waals surface area contributed by atoms with Crippen LogP contribution in [0.1, 0.15) is 28.8 Å². The van der Waals surface area contributed by atoms with Gasteiger partial charge < -0.3 is 15.1 Å². The molecule has 0 fully saturated rings. The first-order valence-electron chi connectivity index (χ1n) is 6.05. The van der Waals surface area contributed by atoms with Gasteiger partial charge in [-0.15, -0.1) is 11.3 Å². The minimum Gasteiger partial charge on any atom is -0.481 e. The number of hydrogen-bond donors (Lipinski definition) is 2. The molecule has 7 heteroatoms. The monoisotopic (exact) mass is 296 g/mol. The van der Waals surface area contributed by atoms with E-state index in [4.69, 9.17) is 10.2 Å². The molecule has 6 nitrogen and oxygen atoms in total. The summed E-state index contributed by atoms with van der Waals surface area (Å²) < 4.78 is 0. The van der Waals surface area contributed by atoms with E-state index in [9.17, 15) is 14.9 Å². The summed E-state index contributed by atoms with van der Waals surface area (Å²) in [6.07, 6.45) is -0.193. The van der Waals surface area contributed by atoms with Gasteiger partial charge in [0.05, 0.1) is 18.4 Å². The van der Waals surface area contributed by atoms with E-state index in [1.54, 1.807) is 4.90 Å². The number of hydrogen-bond acceptors (Lipinski definition) is 5. The third-order valence-electron chi connectivity index (χ3n) is 2.96. The third-order valence-corrected chi connectivity index (χ3v) is 4.22. The van der Waals surface area contributed by atoms with Crippen LogP contribution in [0.25, 0.3) is 0 Å². The first kappa shape index (κ1) is 16.0. The molecule has 0 bridgehead atoms. The van der Waals surface area contributed by atoms with Crippen molar-refractivity contribution in [2.45, 2.75) is 26.7 Å². The van der Waals surface area contributed by atoms with Crippen LogP contribution in [0.5, 0.6) is 0 Å². The summed E-state index contributed by atoms with van der Waals surface area (Å²) in [7, 11) is 0. The molecule has 0 aliphatic heterocycles. The van der Waals surface area contributed by atoms with Crippen molar-refractivity contribution < 1.29 is 19.8 Å². The minimum absolute atomic E-state index is 0.0967. The summed E-state index contributed by atoms with van der Waals surface area (Å²) in [5.74, 6) is -1.90. The Morgan fingerprint density at radius 3 is 2.10 bits per heavy atom. The molecule has 0 atom stereocenters. The van der Waals surface area contributed by atoms with Crippen molar-refractivity contribution in [1.82, 2.24) is 0 Å². The van der Waals surface area contributed by atoms with E-state index in [1.165, 1.54) is 11.3 Å². The maximum atomic E-state index is 10.7. The Hall–Kier alpha value is -2.07. The molecule has 0 amide bonds. The zero-order valence-corrected chi connectivity index (χ0v) is 12.2. The molecule has 0 saturated heterocycles. The van der Waals surface area contributed by atoms with Crippen LogP contribution in [0.2, 0.25) is 0 Å². The standard InChI is InChI=1S/C13H16N2O4S/c1-8-9(2)20-13(10(8)7-14)15(5-3-11(16)17)6-4-12(18)19/h3-6H2,1-2H3,(H,16,17)(H,18,19). The summed E-state index contributed by atoms with van der Waals surface area (Å²) in [5.41, 5.74) is 1.37. The maximum Gasteiger partial charge on any atom is 0.305 e. The quantitative estimate of drug-likeness (QED) is 0.798. The summed E-state index contributed by atoms with van der Waals surface area (Å²) in [6, 6.07) is 2.11. The molecule has 1 aromatic heterocycles. The van der Waals surface area contributed by atoms with E-state index < -0.39 is 11.9 Å². The van der Waals surface area contributed by atoms with Crippen molar-refractivity contribution in [2.24, 2.45) is 0 Å². The van der Waals surface area contributed by atoms with Crippen LogP contribution < -0.4 is 4.90 Å². The number of carbonyl (C=O) groups is 2. The van der Waals surface area contributed by atoms with Crippen LogP contribution in [0.15, 0.2) is 0 Å². The highest BCUT2D eigenvalue weighted by Crippen LogP contribution is 2.35. The first-order valence-corrected chi connectivity index (χ1v) is 6.87. The molecule has 0 unspecified atom stereocenters. The van der Waals surface area contributed by atoms with Gasteiger partial charge in [-0.2, -0.15) is 5.26 Å². The second-order valence-electron chi connectivity index (χ2n) is 4.35. The smallest absolute Gasteiger partial charge is 0.305 e. The lowest BCUT2D eigenvalue weighted by Gasteiger charge is -2.22. The number of aryl methyl sites for hydroxylation is 1. The fourth-order valence-corrected chi connectivity index (χ4v) is 2.90. The second-order valence-corrected chi connectivity index (χ2v) is 5.55. The normalized spacial score (nSPS) is 10.1. The molecule has 0 spiro atoms. The lowest BCUT2D eigenvalue weighted by molar-refractivity contribution is -0.137. The topological polar surface area (TPSA) is 102 Å². The molecular weight excluding hydrogens is 280 g/mol. The molecule has 2 N–H and O–H groups in total. The Bertz CT molecular complexity index is 541. The largest absolute Gasteiger partial charge is 0.481 e. The highest BCUT2D eigenvalue weighted by molar-refractivity contribution is 7.16. The molecule has 1 aromatic rings. The number of rotatable bonds is 7. The molecule has 0 aromatic carbocycles. The van der Waals surface area contributed by atoms with Crippen LogP contribution in [-0.4, -0.2) is 35.2 Å². The van der Waals surface area contributed by atoms with Crippen molar-refractivity contribution in [1.29, 1.82) is 5.26 Å². The molecule has 1 heterocycles. The van der Waals surface area contributed by atoms with Crippen molar-refractivity contribution in [3.8, 4) is 6.07 Å². The van der Waals surface area contributed by atoms with Gasteiger partial charge in [0.1, 0.15) is 11.1 Å². The fraction of sp³-hybridized carbons (Fsp3) is 0.462. The minimum atomic E-state index is -0.950. The van der Waals surface area contributed by atoms with Gasteiger partial charge in [-0.25, -0.2) is 0 Å². The van der Waals surface area contributed by atoms with Crippen molar-refractivity contribution in [3.05, 3.63) is 16.0 Å². The van der Waals surface area contributed by atoms with Crippen LogP contribution >= 0.6 is 11.3 Å². The van der Waals surface area contributed by atoms with Crippen LogP contribution in [0.4, 0.5) is 5.00 Å². The summed E-state index contributed by atoms with van der Waals surface area (Å²) in [4.78, 5) is 24.0. The number of carboxylic acids is 2. The Kier molecular flexibility index (Phi) is 5.53. The number of thiophene rings is 1. The Balaban J connectivity index is 3.02. The third kappa shape index (κ3) is 3.96. The van der Waals surface area contributed by atoms with Crippen LogP contribution in [0, 0.1) is 25.2 Å². The molecule has 0 radical (unpaired) electrons. The molecule has 0 aliphatic rings. The highest BCUT2D eigenvalue weighted by atomic mass is 32.1. The van der Waals surface area contributed by atoms with Crippen molar-refractivity contribution in [2.75, 3.05) is 18.0 Å². The molecule has 20 heavy (non-hydrogen) atoms. The fourth-order valence-electron chi connectivity index (χ4n) is 1.74. The number of anilines is 1. The molecule has 0 saturated carbocycles. The van der Waals surface area contributed by atoms with Gasteiger partial charge in [0.25, 0.3) is 0 Å². The zero-order valence-electron chi connectivity index (χ0n) is 11.3. The highest BCUT2D eigenvalue weighted by Gasteiger charge is 2.19. The molecular formula is C13H16N2O4S.